The maximum atomic E-state index is 11.2. The maximum absolute atomic E-state index is 11.2. The Morgan fingerprint density at radius 2 is 2.12 bits per heavy atom. The van der Waals surface area contributed by atoms with Gasteiger partial charge in [0.2, 0.25) is 0 Å². The molecule has 0 amide bonds. The van der Waals surface area contributed by atoms with E-state index >= 15 is 0 Å². The molecule has 0 heterocycles. The highest BCUT2D eigenvalue weighted by Crippen LogP contribution is 2.14. The zero-order valence-corrected chi connectivity index (χ0v) is 9.51. The molecule has 0 unspecified atom stereocenters. The Labute approximate surface area is 99.0 Å². The molecule has 1 aromatic rings. The zero-order chi connectivity index (χ0) is 12.7. The molecule has 5 heteroatoms. The normalized spacial score (nSPS) is 9.71. The highest BCUT2D eigenvalue weighted by molar-refractivity contribution is 5.89. The van der Waals surface area contributed by atoms with Crippen LogP contribution in [0.3, 0.4) is 0 Å². The molecule has 0 fully saturated rings. The van der Waals surface area contributed by atoms with Gasteiger partial charge in [0.1, 0.15) is 5.75 Å². The third kappa shape index (κ3) is 4.55. The first kappa shape index (κ1) is 13.0. The molecule has 0 spiro atoms. The van der Waals surface area contributed by atoms with Crippen molar-refractivity contribution in [2.24, 2.45) is 0 Å². The second-order valence-corrected chi connectivity index (χ2v) is 3.37. The van der Waals surface area contributed by atoms with Gasteiger partial charge in [-0.1, -0.05) is 6.07 Å². The average Bonchev–Trinajstić information content (AvgIpc) is 2.34. The molecule has 1 rings (SSSR count). The minimum absolute atomic E-state index is 0.0662. The lowest BCUT2D eigenvalue weighted by Crippen LogP contribution is -2.04. The molecule has 5 nitrogen and oxygen atoms in total. The lowest BCUT2D eigenvalue weighted by Gasteiger charge is -2.06. The molecule has 0 radical (unpaired) electrons. The number of carbonyl (C=O) groups is 2. The Morgan fingerprint density at radius 1 is 1.35 bits per heavy atom. The largest absolute Gasteiger partial charge is 0.494 e. The molecule has 0 saturated carbocycles. The fraction of sp³-hybridized carbons (Fsp3) is 0.333. The molecule has 0 aromatic heterocycles. The Hall–Kier alpha value is -2.04. The van der Waals surface area contributed by atoms with Gasteiger partial charge < -0.3 is 14.6 Å². The van der Waals surface area contributed by atoms with Crippen molar-refractivity contribution in [3.8, 4) is 5.75 Å². The molecule has 17 heavy (non-hydrogen) atoms. The van der Waals surface area contributed by atoms with Crippen LogP contribution >= 0.6 is 0 Å². The van der Waals surface area contributed by atoms with Gasteiger partial charge in [0.05, 0.1) is 19.3 Å². The van der Waals surface area contributed by atoms with E-state index in [0.717, 1.165) is 0 Å². The van der Waals surface area contributed by atoms with Crippen LogP contribution in [-0.2, 0) is 9.53 Å². The predicted octanol–water partition coefficient (Wildman–Crippen LogP) is 1.72. The first-order valence-corrected chi connectivity index (χ1v) is 5.16. The van der Waals surface area contributed by atoms with E-state index in [-0.39, 0.29) is 6.42 Å². The average molecular weight is 238 g/mol. The van der Waals surface area contributed by atoms with Crippen LogP contribution in [0.25, 0.3) is 0 Å². The van der Waals surface area contributed by atoms with Crippen molar-refractivity contribution in [3.63, 3.8) is 0 Å². The van der Waals surface area contributed by atoms with Gasteiger partial charge in [-0.25, -0.2) is 4.79 Å². The van der Waals surface area contributed by atoms with Crippen LogP contribution in [0.15, 0.2) is 24.3 Å². The molecule has 0 bridgehead atoms. The SMILES string of the molecule is COC(=O)c1cccc(OCCCC(=O)O)c1. The molecular weight excluding hydrogens is 224 g/mol. The number of hydrogen-bond acceptors (Lipinski definition) is 4. The van der Waals surface area contributed by atoms with Gasteiger partial charge in [0.25, 0.3) is 0 Å². The summed E-state index contributed by atoms with van der Waals surface area (Å²) in [6.07, 6.45) is 0.495. The summed E-state index contributed by atoms with van der Waals surface area (Å²) in [5.41, 5.74) is 0.406. The first-order valence-electron chi connectivity index (χ1n) is 5.16. The fourth-order valence-corrected chi connectivity index (χ4v) is 1.24. The summed E-state index contributed by atoms with van der Waals surface area (Å²) in [4.78, 5) is 21.5. The number of hydrogen-bond donors (Lipinski definition) is 1. The highest BCUT2D eigenvalue weighted by atomic mass is 16.5. The quantitative estimate of drug-likeness (QED) is 0.603. The van der Waals surface area contributed by atoms with Crippen LogP contribution in [0.5, 0.6) is 5.75 Å². The third-order valence-electron chi connectivity index (χ3n) is 2.06. The maximum Gasteiger partial charge on any atom is 0.337 e. The van der Waals surface area contributed by atoms with E-state index in [1.165, 1.54) is 7.11 Å². The number of ether oxygens (including phenoxy) is 2. The Balaban J connectivity index is 2.48. The molecule has 92 valence electrons. The second-order valence-electron chi connectivity index (χ2n) is 3.37. The van der Waals surface area contributed by atoms with E-state index in [2.05, 4.69) is 4.74 Å². The van der Waals surface area contributed by atoms with Gasteiger partial charge in [0, 0.05) is 6.42 Å². The summed E-state index contributed by atoms with van der Waals surface area (Å²) in [5.74, 6) is -0.754. The predicted molar refractivity (Wildman–Crippen MR) is 60.1 cm³/mol. The van der Waals surface area contributed by atoms with E-state index in [0.29, 0.717) is 24.3 Å². The zero-order valence-electron chi connectivity index (χ0n) is 9.51. The van der Waals surface area contributed by atoms with Crippen LogP contribution in [0.4, 0.5) is 0 Å². The van der Waals surface area contributed by atoms with Crippen molar-refractivity contribution < 1.29 is 24.2 Å². The standard InChI is InChI=1S/C12H14O5/c1-16-12(15)9-4-2-5-10(8-9)17-7-3-6-11(13)14/h2,4-5,8H,3,6-7H2,1H3,(H,13,14). The van der Waals surface area contributed by atoms with E-state index < -0.39 is 11.9 Å². The van der Waals surface area contributed by atoms with Gasteiger partial charge in [-0.2, -0.15) is 0 Å². The van der Waals surface area contributed by atoms with Gasteiger partial charge in [0.15, 0.2) is 0 Å². The minimum atomic E-state index is -0.850. The topological polar surface area (TPSA) is 72.8 Å². The molecule has 0 aliphatic rings. The van der Waals surface area contributed by atoms with Crippen LogP contribution in [0.2, 0.25) is 0 Å². The number of methoxy groups -OCH3 is 1. The summed E-state index contributed by atoms with van der Waals surface area (Å²) in [6, 6.07) is 6.56. The number of carboxylic acids is 1. The summed E-state index contributed by atoms with van der Waals surface area (Å²) in [7, 11) is 1.31. The van der Waals surface area contributed by atoms with E-state index in [1.807, 2.05) is 0 Å². The van der Waals surface area contributed by atoms with Crippen molar-refractivity contribution in [3.05, 3.63) is 29.8 Å². The molecule has 1 aromatic carbocycles. The van der Waals surface area contributed by atoms with Gasteiger partial charge in [-0.15, -0.1) is 0 Å². The molecule has 0 atom stereocenters. The van der Waals surface area contributed by atoms with E-state index in [1.54, 1.807) is 24.3 Å². The van der Waals surface area contributed by atoms with Crippen molar-refractivity contribution in [2.75, 3.05) is 13.7 Å². The van der Waals surface area contributed by atoms with Crippen LogP contribution < -0.4 is 4.74 Å². The fourth-order valence-electron chi connectivity index (χ4n) is 1.24. The molecular formula is C12H14O5. The molecule has 1 N–H and O–H groups in total. The number of benzene rings is 1. The second kappa shape index (κ2) is 6.52. The van der Waals surface area contributed by atoms with Gasteiger partial charge in [-0.3, -0.25) is 4.79 Å². The molecule has 0 aliphatic carbocycles. The number of rotatable bonds is 6. The van der Waals surface area contributed by atoms with Crippen LogP contribution in [0.1, 0.15) is 23.2 Å². The number of carboxylic acid groups (broad SMARTS) is 1. The van der Waals surface area contributed by atoms with Crippen LogP contribution in [-0.4, -0.2) is 30.8 Å². The minimum Gasteiger partial charge on any atom is -0.494 e. The van der Waals surface area contributed by atoms with E-state index in [4.69, 9.17) is 9.84 Å². The lowest BCUT2D eigenvalue weighted by molar-refractivity contribution is -0.137. The number of aliphatic carboxylic acids is 1. The van der Waals surface area contributed by atoms with Crippen LogP contribution in [0, 0.1) is 0 Å². The summed E-state index contributed by atoms with van der Waals surface area (Å²) >= 11 is 0. The smallest absolute Gasteiger partial charge is 0.337 e. The number of carbonyl (C=O) groups excluding carboxylic acids is 1. The number of esters is 1. The Bertz CT molecular complexity index is 400. The first-order chi connectivity index (χ1) is 8.13. The Morgan fingerprint density at radius 3 is 2.76 bits per heavy atom. The van der Waals surface area contributed by atoms with E-state index in [9.17, 15) is 9.59 Å². The van der Waals surface area contributed by atoms with Crippen molar-refractivity contribution >= 4 is 11.9 Å². The molecule has 0 saturated heterocycles. The molecule has 0 aliphatic heterocycles. The van der Waals surface area contributed by atoms with Gasteiger partial charge >= 0.3 is 11.9 Å². The van der Waals surface area contributed by atoms with Crippen molar-refractivity contribution in [1.29, 1.82) is 0 Å². The Kier molecular flexibility index (Phi) is 5.00. The van der Waals surface area contributed by atoms with Crippen molar-refractivity contribution in [1.82, 2.24) is 0 Å². The van der Waals surface area contributed by atoms with Gasteiger partial charge in [-0.05, 0) is 24.6 Å². The lowest BCUT2D eigenvalue weighted by atomic mass is 10.2. The third-order valence-corrected chi connectivity index (χ3v) is 2.06. The summed E-state index contributed by atoms with van der Waals surface area (Å²) < 4.78 is 9.90. The monoisotopic (exact) mass is 238 g/mol. The van der Waals surface area contributed by atoms with Crippen molar-refractivity contribution in [2.45, 2.75) is 12.8 Å². The summed E-state index contributed by atoms with van der Waals surface area (Å²) in [6.45, 7) is 0.303. The highest BCUT2D eigenvalue weighted by Gasteiger charge is 2.06. The summed E-state index contributed by atoms with van der Waals surface area (Å²) in [5, 5.41) is 8.44.